The van der Waals surface area contributed by atoms with Crippen LogP contribution in [0.2, 0.25) is 0 Å². The average Bonchev–Trinajstić information content (AvgIpc) is 3.31. The van der Waals surface area contributed by atoms with E-state index in [1.165, 1.54) is 6.07 Å². The smallest absolute Gasteiger partial charge is 0.321 e. The first-order valence-electron chi connectivity index (χ1n) is 7.52. The first-order chi connectivity index (χ1) is 12.4. The second-order valence-corrected chi connectivity index (χ2v) is 8.24. The second kappa shape index (κ2) is 7.77. The average molecular weight is 393 g/mol. The largest absolute Gasteiger partial charge is 0.455 e. The van der Waals surface area contributed by atoms with Gasteiger partial charge in [0.05, 0.1) is 0 Å². The first-order valence-corrected chi connectivity index (χ1v) is 9.89. The maximum Gasteiger partial charge on any atom is 0.321 e. The lowest BCUT2D eigenvalue weighted by Crippen LogP contribution is -2.30. The van der Waals surface area contributed by atoms with Crippen LogP contribution in [0, 0.1) is 6.92 Å². The van der Waals surface area contributed by atoms with Gasteiger partial charge in [-0.3, -0.25) is 4.79 Å². The van der Waals surface area contributed by atoms with Crippen molar-refractivity contribution < 1.29 is 22.5 Å². The molecule has 0 fully saturated rings. The highest BCUT2D eigenvalue weighted by Crippen LogP contribution is 2.17. The Balaban J connectivity index is 1.51. The lowest BCUT2D eigenvalue weighted by atomic mass is 10.1. The zero-order valence-electron chi connectivity index (χ0n) is 13.7. The molecule has 2 aromatic heterocycles. The number of sulfonamides is 1. The molecular weight excluding hydrogens is 378 g/mol. The standard InChI is InChI=1S/C16H15N3O5S2/c1-11-4-6-12(7-5-11)16-18-13(24-19-16)10-23-14(20)9-17-26(21,22)15-3-2-8-25-15/h2-8,17H,9-10H2,1H3. The fourth-order valence-electron chi connectivity index (χ4n) is 1.97. The summed E-state index contributed by atoms with van der Waals surface area (Å²) in [6.45, 7) is 1.25. The van der Waals surface area contributed by atoms with E-state index in [1.54, 1.807) is 11.4 Å². The number of carbonyl (C=O) groups excluding carboxylic acids is 1. The van der Waals surface area contributed by atoms with Crippen molar-refractivity contribution in [3.05, 3.63) is 53.2 Å². The fraction of sp³-hybridized carbons (Fsp3) is 0.188. The zero-order chi connectivity index (χ0) is 18.6. The van der Waals surface area contributed by atoms with Gasteiger partial charge in [-0.15, -0.1) is 11.3 Å². The van der Waals surface area contributed by atoms with Crippen LogP contribution in [0.25, 0.3) is 11.4 Å². The van der Waals surface area contributed by atoms with Gasteiger partial charge in [0.25, 0.3) is 15.9 Å². The number of nitrogens with one attached hydrogen (secondary N) is 1. The third-order valence-corrected chi connectivity index (χ3v) is 6.10. The molecule has 0 atom stereocenters. The van der Waals surface area contributed by atoms with Crippen molar-refractivity contribution >= 4 is 27.3 Å². The second-order valence-electron chi connectivity index (χ2n) is 5.30. The van der Waals surface area contributed by atoms with E-state index in [0.717, 1.165) is 22.5 Å². The summed E-state index contributed by atoms with van der Waals surface area (Å²) in [7, 11) is -3.71. The predicted molar refractivity (Wildman–Crippen MR) is 93.8 cm³/mol. The van der Waals surface area contributed by atoms with Gasteiger partial charge in [0, 0.05) is 5.56 Å². The predicted octanol–water partition coefficient (Wildman–Crippen LogP) is 2.13. The Bertz CT molecular complexity index is 979. The summed E-state index contributed by atoms with van der Waals surface area (Å²) in [6, 6.07) is 10.6. The minimum absolute atomic E-state index is 0.120. The number of esters is 1. The van der Waals surface area contributed by atoms with Crippen LogP contribution in [-0.4, -0.2) is 31.1 Å². The van der Waals surface area contributed by atoms with E-state index in [1.807, 2.05) is 31.2 Å². The number of aryl methyl sites for hydroxylation is 1. The Morgan fingerprint density at radius 2 is 2.04 bits per heavy atom. The molecule has 0 amide bonds. The summed E-state index contributed by atoms with van der Waals surface area (Å²) in [4.78, 5) is 15.9. The summed E-state index contributed by atoms with van der Waals surface area (Å²) in [6.07, 6.45) is 0. The minimum atomic E-state index is -3.71. The number of benzene rings is 1. The van der Waals surface area contributed by atoms with Gasteiger partial charge in [-0.05, 0) is 18.4 Å². The molecule has 0 spiro atoms. The molecule has 3 rings (SSSR count). The van der Waals surface area contributed by atoms with E-state index in [9.17, 15) is 13.2 Å². The lowest BCUT2D eigenvalue weighted by molar-refractivity contribution is -0.144. The van der Waals surface area contributed by atoms with Gasteiger partial charge in [0.2, 0.25) is 5.82 Å². The first kappa shape index (κ1) is 18.2. The molecule has 0 aliphatic rings. The lowest BCUT2D eigenvalue weighted by Gasteiger charge is -2.04. The van der Waals surface area contributed by atoms with Crippen LogP contribution < -0.4 is 4.72 Å². The molecule has 136 valence electrons. The van der Waals surface area contributed by atoms with E-state index in [0.29, 0.717) is 5.82 Å². The van der Waals surface area contributed by atoms with Crippen molar-refractivity contribution in [1.29, 1.82) is 0 Å². The number of rotatable bonds is 7. The fourth-order valence-corrected chi connectivity index (χ4v) is 3.97. The molecule has 26 heavy (non-hydrogen) atoms. The number of hydrogen-bond acceptors (Lipinski definition) is 8. The van der Waals surface area contributed by atoms with Crippen molar-refractivity contribution in [2.75, 3.05) is 6.54 Å². The Morgan fingerprint density at radius 1 is 1.27 bits per heavy atom. The van der Waals surface area contributed by atoms with Gasteiger partial charge < -0.3 is 9.26 Å². The summed E-state index contributed by atoms with van der Waals surface area (Å²) >= 11 is 1.06. The highest BCUT2D eigenvalue weighted by atomic mass is 32.2. The molecule has 0 unspecified atom stereocenters. The van der Waals surface area contributed by atoms with Crippen molar-refractivity contribution in [3.8, 4) is 11.4 Å². The quantitative estimate of drug-likeness (QED) is 0.612. The van der Waals surface area contributed by atoms with E-state index in [2.05, 4.69) is 14.9 Å². The molecule has 10 heteroatoms. The van der Waals surface area contributed by atoms with Crippen LogP contribution in [-0.2, 0) is 26.2 Å². The van der Waals surface area contributed by atoms with Crippen LogP contribution >= 0.6 is 11.3 Å². The molecule has 2 heterocycles. The summed E-state index contributed by atoms with van der Waals surface area (Å²) in [5.41, 5.74) is 1.89. The van der Waals surface area contributed by atoms with E-state index in [4.69, 9.17) is 9.26 Å². The SMILES string of the molecule is Cc1ccc(-c2noc(COC(=O)CNS(=O)(=O)c3cccs3)n2)cc1. The van der Waals surface area contributed by atoms with Gasteiger partial charge in [0.15, 0.2) is 6.61 Å². The van der Waals surface area contributed by atoms with E-state index < -0.39 is 22.5 Å². The van der Waals surface area contributed by atoms with Crippen LogP contribution in [0.3, 0.4) is 0 Å². The third-order valence-electron chi connectivity index (χ3n) is 3.30. The molecule has 0 aliphatic heterocycles. The minimum Gasteiger partial charge on any atom is -0.455 e. The Labute approximate surface area is 153 Å². The van der Waals surface area contributed by atoms with E-state index in [-0.39, 0.29) is 16.7 Å². The van der Waals surface area contributed by atoms with Gasteiger partial charge in [0.1, 0.15) is 10.8 Å². The molecular formula is C16H15N3O5S2. The van der Waals surface area contributed by atoms with Crippen molar-refractivity contribution in [2.45, 2.75) is 17.7 Å². The van der Waals surface area contributed by atoms with Gasteiger partial charge in [-0.2, -0.15) is 9.71 Å². The molecule has 0 saturated carbocycles. The number of thiophene rings is 1. The number of hydrogen-bond donors (Lipinski definition) is 1. The van der Waals surface area contributed by atoms with Crippen LogP contribution in [0.15, 0.2) is 50.5 Å². The maximum absolute atomic E-state index is 11.9. The molecule has 0 aliphatic carbocycles. The highest BCUT2D eigenvalue weighted by molar-refractivity contribution is 7.91. The number of ether oxygens (including phenoxy) is 1. The van der Waals surface area contributed by atoms with Crippen LogP contribution in [0.1, 0.15) is 11.5 Å². The highest BCUT2D eigenvalue weighted by Gasteiger charge is 2.17. The van der Waals surface area contributed by atoms with Crippen LogP contribution in [0.4, 0.5) is 0 Å². The summed E-state index contributed by atoms with van der Waals surface area (Å²) < 4.78 is 36.1. The van der Waals surface area contributed by atoms with Crippen molar-refractivity contribution in [3.63, 3.8) is 0 Å². The maximum atomic E-state index is 11.9. The van der Waals surface area contributed by atoms with Gasteiger partial charge in [-0.25, -0.2) is 8.42 Å². The molecule has 0 saturated heterocycles. The Morgan fingerprint density at radius 3 is 2.73 bits per heavy atom. The van der Waals surface area contributed by atoms with Gasteiger partial charge in [-0.1, -0.05) is 41.1 Å². The number of aromatic nitrogens is 2. The molecule has 0 bridgehead atoms. The topological polar surface area (TPSA) is 111 Å². The summed E-state index contributed by atoms with van der Waals surface area (Å²) in [5.74, 6) is -0.246. The van der Waals surface area contributed by atoms with Crippen LogP contribution in [0.5, 0.6) is 0 Å². The molecule has 0 radical (unpaired) electrons. The molecule has 1 aromatic carbocycles. The monoisotopic (exact) mass is 393 g/mol. The number of carbonyl (C=O) groups is 1. The zero-order valence-corrected chi connectivity index (χ0v) is 15.3. The normalized spacial score (nSPS) is 11.4. The molecule has 3 aromatic rings. The Hall–Kier alpha value is -2.56. The van der Waals surface area contributed by atoms with Gasteiger partial charge >= 0.3 is 5.97 Å². The van der Waals surface area contributed by atoms with E-state index >= 15 is 0 Å². The molecule has 1 N–H and O–H groups in total. The third kappa shape index (κ3) is 4.54. The Kier molecular flexibility index (Phi) is 5.45. The molecule has 8 nitrogen and oxygen atoms in total. The number of nitrogens with zero attached hydrogens (tertiary/aromatic N) is 2. The summed E-state index contributed by atoms with van der Waals surface area (Å²) in [5, 5.41) is 5.46. The van der Waals surface area contributed by atoms with Crippen molar-refractivity contribution in [2.24, 2.45) is 0 Å². The van der Waals surface area contributed by atoms with Crippen molar-refractivity contribution in [1.82, 2.24) is 14.9 Å².